The first-order valence-electron chi connectivity index (χ1n) is 7.49. The molecule has 2 aliphatic heterocycles. The van der Waals surface area contributed by atoms with Crippen LogP contribution in [0.3, 0.4) is 0 Å². The van der Waals surface area contributed by atoms with E-state index >= 15 is 0 Å². The quantitative estimate of drug-likeness (QED) is 0.647. The van der Waals surface area contributed by atoms with Crippen LogP contribution in [0.5, 0.6) is 0 Å². The molecule has 0 aromatic heterocycles. The third-order valence-corrected chi connectivity index (χ3v) is 4.09. The van der Waals surface area contributed by atoms with Gasteiger partial charge in [-0.05, 0) is 36.5 Å². The number of amides is 1. The summed E-state index contributed by atoms with van der Waals surface area (Å²) in [6, 6.07) is 5.74. The van der Waals surface area contributed by atoms with Crippen molar-refractivity contribution in [2.75, 3.05) is 25.1 Å². The van der Waals surface area contributed by atoms with Gasteiger partial charge in [-0.2, -0.15) is 0 Å². The number of carbonyl (C=O) groups excluding carboxylic acids is 1. The summed E-state index contributed by atoms with van der Waals surface area (Å²) in [5.74, 6) is -0.844. The molecule has 0 spiro atoms. The Balaban J connectivity index is 1.51. The van der Waals surface area contributed by atoms with Crippen LogP contribution in [0.4, 0.5) is 10.1 Å². The fraction of sp³-hybridized carbons (Fsp3) is 0.467. The van der Waals surface area contributed by atoms with Crippen LogP contribution in [0.2, 0.25) is 0 Å². The van der Waals surface area contributed by atoms with Crippen molar-refractivity contribution < 1.29 is 23.4 Å². The number of thiocarbonyl (C=S) groups is 1. The van der Waals surface area contributed by atoms with Crippen molar-refractivity contribution in [3.05, 3.63) is 30.1 Å². The highest BCUT2D eigenvalue weighted by molar-refractivity contribution is 7.80. The van der Waals surface area contributed by atoms with Crippen LogP contribution in [0.25, 0.3) is 0 Å². The van der Waals surface area contributed by atoms with E-state index in [1.165, 1.54) is 12.1 Å². The van der Waals surface area contributed by atoms with Gasteiger partial charge in [0.1, 0.15) is 30.7 Å². The summed E-state index contributed by atoms with van der Waals surface area (Å²) in [6.45, 7) is 0.569. The van der Waals surface area contributed by atoms with E-state index in [0.29, 0.717) is 24.0 Å². The molecule has 0 unspecified atom stereocenters. The van der Waals surface area contributed by atoms with Gasteiger partial charge in [-0.25, -0.2) is 4.39 Å². The molecule has 4 atom stereocenters. The molecule has 0 saturated carbocycles. The Hall–Kier alpha value is -1.81. The zero-order valence-corrected chi connectivity index (χ0v) is 13.6. The molecular formula is C15H18FN3O4S. The summed E-state index contributed by atoms with van der Waals surface area (Å²) >= 11 is 5.26. The molecule has 0 radical (unpaired) electrons. The first kappa shape index (κ1) is 17.0. The predicted molar refractivity (Wildman–Crippen MR) is 88.0 cm³/mol. The molecule has 1 aromatic rings. The third-order valence-electron chi connectivity index (χ3n) is 3.87. The summed E-state index contributed by atoms with van der Waals surface area (Å²) < 4.78 is 29.7. The maximum Gasteiger partial charge on any atom is 0.243 e. The minimum Gasteiger partial charge on any atom is -0.370 e. The van der Waals surface area contributed by atoms with Crippen LogP contribution in [-0.2, 0) is 19.0 Å². The van der Waals surface area contributed by atoms with Gasteiger partial charge in [-0.15, -0.1) is 0 Å². The van der Waals surface area contributed by atoms with Crippen molar-refractivity contribution >= 4 is 28.9 Å². The molecule has 4 N–H and O–H groups in total. The lowest BCUT2D eigenvalue weighted by Gasteiger charge is -2.19. The van der Waals surface area contributed by atoms with E-state index in [9.17, 15) is 9.18 Å². The van der Waals surface area contributed by atoms with Crippen LogP contribution < -0.4 is 16.4 Å². The van der Waals surface area contributed by atoms with E-state index in [2.05, 4.69) is 10.6 Å². The Morgan fingerprint density at radius 3 is 2.71 bits per heavy atom. The third kappa shape index (κ3) is 3.99. The molecule has 9 heteroatoms. The van der Waals surface area contributed by atoms with Gasteiger partial charge in [0.25, 0.3) is 0 Å². The number of halogens is 1. The highest BCUT2D eigenvalue weighted by Crippen LogP contribution is 2.28. The van der Waals surface area contributed by atoms with Gasteiger partial charge in [0, 0.05) is 5.69 Å². The summed E-state index contributed by atoms with van der Waals surface area (Å²) in [7, 11) is 0. The number of fused-ring (bicyclic) bond motifs is 1. The smallest absolute Gasteiger partial charge is 0.243 e. The molecule has 7 nitrogen and oxygen atoms in total. The second-order valence-electron chi connectivity index (χ2n) is 5.62. The van der Waals surface area contributed by atoms with Gasteiger partial charge >= 0.3 is 0 Å². The second kappa shape index (κ2) is 7.39. The monoisotopic (exact) mass is 355 g/mol. The number of hydrogen-bond acceptors (Lipinski definition) is 5. The molecule has 2 fully saturated rings. The standard InChI is InChI=1S/C15H18FN3O4S/c16-8-1-3-9(4-2-8)18-15(24)19-10-5-22-14-11(6-23-13(10)14)21-7-12(17)20/h1-4,10-11,13-14H,5-7H2,(H2,17,20)(H2,18,19,24)/t10-,11+,13+,14+/m0/s1. The summed E-state index contributed by atoms with van der Waals surface area (Å²) in [5, 5.41) is 6.50. The molecule has 0 bridgehead atoms. The maximum absolute atomic E-state index is 12.9. The van der Waals surface area contributed by atoms with E-state index in [1.54, 1.807) is 12.1 Å². The Kier molecular flexibility index (Phi) is 5.24. The number of nitrogens with one attached hydrogen (secondary N) is 2. The number of benzene rings is 1. The van der Waals surface area contributed by atoms with E-state index in [1.807, 2.05) is 0 Å². The van der Waals surface area contributed by atoms with Gasteiger partial charge in [0.15, 0.2) is 5.11 Å². The van der Waals surface area contributed by atoms with Crippen molar-refractivity contribution in [3.8, 4) is 0 Å². The summed E-state index contributed by atoms with van der Waals surface area (Å²) in [5.41, 5.74) is 5.76. The van der Waals surface area contributed by atoms with Crippen molar-refractivity contribution in [1.29, 1.82) is 0 Å². The topological polar surface area (TPSA) is 94.8 Å². The molecule has 2 heterocycles. The minimum absolute atomic E-state index is 0.141. The Morgan fingerprint density at radius 2 is 2.00 bits per heavy atom. The number of hydrogen-bond donors (Lipinski definition) is 3. The molecule has 3 rings (SSSR count). The second-order valence-corrected chi connectivity index (χ2v) is 6.03. The number of nitrogens with two attached hydrogens (primary N) is 1. The first-order valence-corrected chi connectivity index (χ1v) is 7.90. The zero-order chi connectivity index (χ0) is 17.1. The number of ether oxygens (including phenoxy) is 3. The number of anilines is 1. The largest absolute Gasteiger partial charge is 0.370 e. The molecular weight excluding hydrogens is 337 g/mol. The molecule has 1 amide bonds. The maximum atomic E-state index is 12.9. The average molecular weight is 355 g/mol. The zero-order valence-electron chi connectivity index (χ0n) is 12.7. The van der Waals surface area contributed by atoms with E-state index in [0.717, 1.165) is 0 Å². The molecule has 24 heavy (non-hydrogen) atoms. The first-order chi connectivity index (χ1) is 11.5. The van der Waals surface area contributed by atoms with Crippen molar-refractivity contribution in [1.82, 2.24) is 5.32 Å². The van der Waals surface area contributed by atoms with Gasteiger partial charge in [-0.3, -0.25) is 4.79 Å². The highest BCUT2D eigenvalue weighted by atomic mass is 32.1. The fourth-order valence-electron chi connectivity index (χ4n) is 2.79. The molecule has 130 valence electrons. The van der Waals surface area contributed by atoms with Crippen LogP contribution >= 0.6 is 12.2 Å². The number of carbonyl (C=O) groups is 1. The minimum atomic E-state index is -0.532. The average Bonchev–Trinajstić information content (AvgIpc) is 3.11. The van der Waals surface area contributed by atoms with Gasteiger partial charge < -0.3 is 30.6 Å². The van der Waals surface area contributed by atoms with Gasteiger partial charge in [0.05, 0.1) is 19.3 Å². The lowest BCUT2D eigenvalue weighted by Crippen LogP contribution is -2.46. The lowest BCUT2D eigenvalue weighted by molar-refractivity contribution is -0.126. The van der Waals surface area contributed by atoms with Crippen molar-refractivity contribution in [3.63, 3.8) is 0 Å². The van der Waals surface area contributed by atoms with Crippen LogP contribution in [0.15, 0.2) is 24.3 Å². The predicted octanol–water partition coefficient (Wildman–Crippen LogP) is 0.149. The summed E-state index contributed by atoms with van der Waals surface area (Å²) in [4.78, 5) is 10.8. The van der Waals surface area contributed by atoms with E-state index in [-0.39, 0.29) is 36.8 Å². The molecule has 2 saturated heterocycles. The highest BCUT2D eigenvalue weighted by Gasteiger charge is 2.48. The Morgan fingerprint density at radius 1 is 1.29 bits per heavy atom. The van der Waals surface area contributed by atoms with Crippen LogP contribution in [0.1, 0.15) is 0 Å². The molecule has 1 aromatic carbocycles. The Bertz CT molecular complexity index is 615. The Labute approximate surface area is 143 Å². The van der Waals surface area contributed by atoms with E-state index in [4.69, 9.17) is 32.2 Å². The normalized spacial score (nSPS) is 28.4. The number of rotatable bonds is 5. The molecule has 0 aliphatic carbocycles. The van der Waals surface area contributed by atoms with Crippen LogP contribution in [-0.4, -0.2) is 55.2 Å². The van der Waals surface area contributed by atoms with Gasteiger partial charge in [-0.1, -0.05) is 0 Å². The van der Waals surface area contributed by atoms with Crippen molar-refractivity contribution in [2.45, 2.75) is 24.4 Å². The van der Waals surface area contributed by atoms with E-state index < -0.39 is 5.91 Å². The van der Waals surface area contributed by atoms with Crippen LogP contribution in [0, 0.1) is 5.82 Å². The van der Waals surface area contributed by atoms with Gasteiger partial charge in [0.2, 0.25) is 5.91 Å². The number of primary amides is 1. The lowest BCUT2D eigenvalue weighted by atomic mass is 10.1. The fourth-order valence-corrected chi connectivity index (χ4v) is 3.06. The SMILES string of the molecule is NC(=O)CO[C@@H]1CO[C@H]2[C@@H]1OC[C@@H]2NC(=S)Nc1ccc(F)cc1. The molecule has 2 aliphatic rings. The van der Waals surface area contributed by atoms with Crippen molar-refractivity contribution in [2.24, 2.45) is 5.73 Å². The summed E-state index contributed by atoms with van der Waals surface area (Å²) in [6.07, 6.45) is -0.820.